The second-order valence-electron chi connectivity index (χ2n) is 3.01. The summed E-state index contributed by atoms with van der Waals surface area (Å²) >= 11 is 4.76. The van der Waals surface area contributed by atoms with E-state index in [1.54, 1.807) is 0 Å². The zero-order valence-electron chi connectivity index (χ0n) is 12.5. The maximum absolute atomic E-state index is 9.92. The van der Waals surface area contributed by atoms with Crippen LogP contribution in [0.1, 0.15) is 6.92 Å². The third kappa shape index (κ3) is 31.3. The van der Waals surface area contributed by atoms with Gasteiger partial charge in [-0.05, 0) is 5.54 Å². The molecule has 1 rings (SSSR count). The molecule has 0 spiro atoms. The molecule has 10 heteroatoms. The molecular weight excluding hydrogens is 348 g/mol. The molecule has 0 amide bonds. The van der Waals surface area contributed by atoms with Crippen molar-refractivity contribution in [3.63, 3.8) is 0 Å². The van der Waals surface area contributed by atoms with E-state index in [9.17, 15) is 24.0 Å². The first kappa shape index (κ1) is 25.7. The second-order valence-corrected chi connectivity index (χ2v) is 3.32. The summed E-state index contributed by atoms with van der Waals surface area (Å²) in [6, 6.07) is 0. The maximum atomic E-state index is 9.92. The van der Waals surface area contributed by atoms with Gasteiger partial charge in [0.25, 0.3) is 0 Å². The van der Waals surface area contributed by atoms with Gasteiger partial charge in [0.1, 0.15) is 0 Å². The minimum atomic E-state index is -1.26. The lowest BCUT2D eigenvalue weighted by Gasteiger charge is -1.83. The van der Waals surface area contributed by atoms with Crippen LogP contribution in [0.5, 0.6) is 0 Å². The van der Waals surface area contributed by atoms with E-state index >= 15 is 0 Å². The number of ether oxygens (including phenoxy) is 2. The first-order valence-electron chi connectivity index (χ1n) is 5.67. The Morgan fingerprint density at radius 2 is 1.42 bits per heavy atom. The summed E-state index contributed by atoms with van der Waals surface area (Å²) in [5, 5.41) is 15.6. The highest BCUT2D eigenvalue weighted by molar-refractivity contribution is 6.25. The first-order chi connectivity index (χ1) is 11.1. The van der Waals surface area contributed by atoms with Gasteiger partial charge in [0.05, 0.1) is 6.26 Å². The Kier molecular flexibility index (Phi) is 19.1. The van der Waals surface area contributed by atoms with Crippen molar-refractivity contribution in [1.29, 1.82) is 0 Å². The van der Waals surface area contributed by atoms with Crippen molar-refractivity contribution in [3.05, 3.63) is 49.3 Å². The molecule has 2 N–H and O–H groups in total. The van der Waals surface area contributed by atoms with Gasteiger partial charge in [0.15, 0.2) is 0 Å². The number of hydrogen-bond donors (Lipinski definition) is 2. The van der Waals surface area contributed by atoms with Crippen LogP contribution in [0.2, 0.25) is 0 Å². The molecule has 0 atom stereocenters. The van der Waals surface area contributed by atoms with E-state index < -0.39 is 23.9 Å². The van der Waals surface area contributed by atoms with E-state index in [4.69, 9.17) is 21.8 Å². The van der Waals surface area contributed by atoms with E-state index in [2.05, 4.69) is 22.6 Å². The molecule has 0 unspecified atom stereocenters. The standard InChI is InChI=1S/C4H4O4.C4H2O3.C4H6O2.C2H3Cl/c5-3(6)1-2-4(7)8;5-3-1-2-4(6)7-3;1-3-6-4(2)5;1-2-3/h1-2H,(H,5,6)(H,7,8);1-2H;3H,1H2,2H3;2H,1H2. The fourth-order valence-electron chi connectivity index (χ4n) is 0.563. The fourth-order valence-corrected chi connectivity index (χ4v) is 0.563. The molecule has 9 nitrogen and oxygen atoms in total. The van der Waals surface area contributed by atoms with Crippen LogP contribution in [-0.4, -0.2) is 40.1 Å². The molecule has 0 aromatic carbocycles. The summed E-state index contributed by atoms with van der Waals surface area (Å²) in [6.45, 7) is 7.61. The van der Waals surface area contributed by atoms with Gasteiger partial charge in [0, 0.05) is 31.2 Å². The average Bonchev–Trinajstić information content (AvgIpc) is 2.82. The lowest BCUT2D eigenvalue weighted by atomic mass is 10.5. The van der Waals surface area contributed by atoms with Crippen LogP contribution in [0.4, 0.5) is 0 Å². The third-order valence-corrected chi connectivity index (χ3v) is 1.17. The molecular formula is C14H15ClO9. The molecule has 132 valence electrons. The molecule has 0 aromatic rings. The highest BCUT2D eigenvalue weighted by Crippen LogP contribution is 1.92. The number of carbonyl (C=O) groups excluding carboxylic acids is 3. The minimum absolute atomic E-state index is 0.329. The Labute approximate surface area is 142 Å². The zero-order chi connectivity index (χ0) is 19.5. The summed E-state index contributed by atoms with van der Waals surface area (Å²) in [4.78, 5) is 48.7. The molecule has 0 radical (unpaired) electrons. The SMILES string of the molecule is C=CCl.C=COC(C)=O.O=C(O)C=CC(=O)O.O=C1C=CC(=O)O1. The Balaban J connectivity index is -0.000000257. The summed E-state index contributed by atoms with van der Waals surface area (Å²) in [5.41, 5.74) is 1.22. The fraction of sp³-hybridized carbons (Fsp3) is 0.0714. The van der Waals surface area contributed by atoms with Crippen molar-refractivity contribution in [3.8, 4) is 0 Å². The lowest BCUT2D eigenvalue weighted by molar-refractivity contribution is -0.150. The van der Waals surface area contributed by atoms with Gasteiger partial charge in [-0.15, -0.1) is 0 Å². The number of carboxylic acids is 2. The molecule has 0 fully saturated rings. The normalized spacial score (nSPS) is 10.6. The van der Waals surface area contributed by atoms with Crippen molar-refractivity contribution in [2.24, 2.45) is 0 Å². The predicted molar refractivity (Wildman–Crippen MR) is 82.7 cm³/mol. The van der Waals surface area contributed by atoms with E-state index in [1.165, 1.54) is 12.5 Å². The lowest BCUT2D eigenvalue weighted by Crippen LogP contribution is -1.96. The molecule has 24 heavy (non-hydrogen) atoms. The van der Waals surface area contributed by atoms with Crippen LogP contribution in [0.25, 0.3) is 0 Å². The van der Waals surface area contributed by atoms with Gasteiger partial charge in [-0.1, -0.05) is 24.8 Å². The topological polar surface area (TPSA) is 144 Å². The number of esters is 3. The quantitative estimate of drug-likeness (QED) is 0.329. The van der Waals surface area contributed by atoms with Crippen molar-refractivity contribution in [2.75, 3.05) is 0 Å². The Hall–Kier alpha value is -3.20. The van der Waals surface area contributed by atoms with Crippen LogP contribution in [0.3, 0.4) is 0 Å². The largest absolute Gasteiger partial charge is 0.478 e. The van der Waals surface area contributed by atoms with Crippen molar-refractivity contribution >= 4 is 41.4 Å². The smallest absolute Gasteiger partial charge is 0.338 e. The number of rotatable bonds is 3. The van der Waals surface area contributed by atoms with Crippen molar-refractivity contribution in [2.45, 2.75) is 6.92 Å². The first-order valence-corrected chi connectivity index (χ1v) is 6.11. The number of halogens is 1. The second kappa shape index (κ2) is 17.9. The van der Waals surface area contributed by atoms with Gasteiger partial charge in [-0.2, -0.15) is 0 Å². The number of aliphatic carboxylic acids is 2. The molecule has 0 aromatic heterocycles. The van der Waals surface area contributed by atoms with E-state index in [-0.39, 0.29) is 5.97 Å². The van der Waals surface area contributed by atoms with E-state index in [0.717, 1.165) is 18.4 Å². The summed E-state index contributed by atoms with van der Waals surface area (Å²) in [5.74, 6) is -4.00. The van der Waals surface area contributed by atoms with Crippen LogP contribution >= 0.6 is 11.6 Å². The third-order valence-electron chi connectivity index (χ3n) is 1.17. The molecule has 0 saturated heterocycles. The van der Waals surface area contributed by atoms with Crippen LogP contribution in [0, 0.1) is 0 Å². The van der Waals surface area contributed by atoms with Gasteiger partial charge in [0.2, 0.25) is 0 Å². The van der Waals surface area contributed by atoms with Crippen LogP contribution < -0.4 is 0 Å². The number of carboxylic acid groups (broad SMARTS) is 2. The number of cyclic esters (lactones) is 2. The molecule has 0 bridgehead atoms. The monoisotopic (exact) mass is 362 g/mol. The predicted octanol–water partition coefficient (Wildman–Crippen LogP) is 1.40. The highest BCUT2D eigenvalue weighted by atomic mass is 35.5. The van der Waals surface area contributed by atoms with E-state index in [0.29, 0.717) is 12.2 Å². The van der Waals surface area contributed by atoms with E-state index in [1.807, 2.05) is 0 Å². The summed E-state index contributed by atoms with van der Waals surface area (Å²) < 4.78 is 8.14. The van der Waals surface area contributed by atoms with Crippen molar-refractivity contribution in [1.82, 2.24) is 0 Å². The zero-order valence-corrected chi connectivity index (χ0v) is 13.3. The minimum Gasteiger partial charge on any atom is -0.478 e. The molecule has 1 aliphatic rings. The van der Waals surface area contributed by atoms with Gasteiger partial charge in [-0.3, -0.25) is 4.79 Å². The number of hydrogen-bond acceptors (Lipinski definition) is 7. The van der Waals surface area contributed by atoms with Crippen LogP contribution in [-0.2, 0) is 33.4 Å². The Morgan fingerprint density at radius 1 is 1.08 bits per heavy atom. The van der Waals surface area contributed by atoms with Gasteiger partial charge < -0.3 is 19.7 Å². The van der Waals surface area contributed by atoms with Crippen molar-refractivity contribution < 1.29 is 43.7 Å². The Morgan fingerprint density at radius 3 is 1.50 bits per heavy atom. The van der Waals surface area contributed by atoms with Gasteiger partial charge in [-0.25, -0.2) is 19.2 Å². The maximum Gasteiger partial charge on any atom is 0.338 e. The summed E-state index contributed by atoms with van der Waals surface area (Å²) in [6.07, 6.45) is 4.39. The molecule has 1 heterocycles. The molecule has 0 saturated carbocycles. The number of carbonyl (C=O) groups is 5. The molecule has 1 aliphatic heterocycles. The molecule has 0 aliphatic carbocycles. The Bertz CT molecular complexity index is 500. The highest BCUT2D eigenvalue weighted by Gasteiger charge is 2.10. The average molecular weight is 363 g/mol. The summed E-state index contributed by atoms with van der Waals surface area (Å²) in [7, 11) is 0. The van der Waals surface area contributed by atoms with Crippen LogP contribution in [0.15, 0.2) is 49.3 Å². The van der Waals surface area contributed by atoms with Gasteiger partial charge >= 0.3 is 29.8 Å².